The van der Waals surface area contributed by atoms with Crippen LogP contribution < -0.4 is 16.2 Å². The summed E-state index contributed by atoms with van der Waals surface area (Å²) < 4.78 is 8.74. The van der Waals surface area contributed by atoms with Crippen molar-refractivity contribution in [2.75, 3.05) is 36.9 Å². The summed E-state index contributed by atoms with van der Waals surface area (Å²) >= 11 is 3.23. The van der Waals surface area contributed by atoms with Crippen LogP contribution >= 0.6 is 15.9 Å². The van der Waals surface area contributed by atoms with E-state index in [2.05, 4.69) is 35.9 Å². The third kappa shape index (κ3) is 3.21. The molecule has 1 aliphatic rings. The summed E-state index contributed by atoms with van der Waals surface area (Å²) in [5.41, 5.74) is 7.97. The van der Waals surface area contributed by atoms with Gasteiger partial charge in [-0.15, -0.1) is 0 Å². The van der Waals surface area contributed by atoms with Crippen LogP contribution in [0.25, 0.3) is 22.7 Å². The lowest BCUT2D eigenvalue weighted by Crippen LogP contribution is -2.37. The molecule has 4 aromatic heterocycles. The van der Waals surface area contributed by atoms with Gasteiger partial charge in [-0.25, -0.2) is 4.98 Å². The van der Waals surface area contributed by atoms with Gasteiger partial charge >= 0.3 is 0 Å². The zero-order valence-electron chi connectivity index (χ0n) is 15.8. The molecule has 0 unspecified atom stereocenters. The summed E-state index contributed by atoms with van der Waals surface area (Å²) in [6.07, 6.45) is 4.86. The van der Waals surface area contributed by atoms with Gasteiger partial charge in [0.25, 0.3) is 5.56 Å². The van der Waals surface area contributed by atoms with Gasteiger partial charge < -0.3 is 15.4 Å². The molecule has 11 heteroatoms. The maximum Gasteiger partial charge on any atom is 0.289 e. The number of nitrogens with zero attached hydrogens (tertiary/aromatic N) is 7. The highest BCUT2D eigenvalue weighted by Crippen LogP contribution is 2.25. The molecule has 4 aromatic rings. The van der Waals surface area contributed by atoms with E-state index in [1.165, 1.54) is 10.9 Å². The molecule has 0 aliphatic carbocycles. The summed E-state index contributed by atoms with van der Waals surface area (Å²) in [5.74, 6) is 1.19. The maximum absolute atomic E-state index is 12.7. The van der Waals surface area contributed by atoms with Gasteiger partial charge in [0.2, 0.25) is 0 Å². The van der Waals surface area contributed by atoms with E-state index in [0.717, 1.165) is 17.1 Å². The second kappa shape index (κ2) is 7.50. The van der Waals surface area contributed by atoms with Crippen molar-refractivity contribution in [3.8, 4) is 17.1 Å². The predicted octanol–water partition coefficient (Wildman–Crippen LogP) is 1.52. The number of rotatable bonds is 3. The van der Waals surface area contributed by atoms with Gasteiger partial charge in [-0.1, -0.05) is 0 Å². The maximum atomic E-state index is 12.7. The van der Waals surface area contributed by atoms with Crippen LogP contribution in [0.15, 0.2) is 52.1 Å². The molecule has 30 heavy (non-hydrogen) atoms. The Bertz CT molecular complexity index is 1280. The van der Waals surface area contributed by atoms with E-state index >= 15 is 0 Å². The topological polar surface area (TPSA) is 116 Å². The fourth-order valence-corrected chi connectivity index (χ4v) is 3.61. The van der Waals surface area contributed by atoms with Crippen LogP contribution in [0.4, 0.5) is 11.5 Å². The highest BCUT2D eigenvalue weighted by molar-refractivity contribution is 9.10. The lowest BCUT2D eigenvalue weighted by molar-refractivity contribution is 0.122. The third-order valence-electron chi connectivity index (χ3n) is 4.87. The molecule has 5 rings (SSSR count). The molecule has 152 valence electrons. The zero-order valence-corrected chi connectivity index (χ0v) is 17.4. The normalized spacial score (nSPS) is 14.4. The Morgan fingerprint density at radius 3 is 2.67 bits per heavy atom. The Balaban J connectivity index is 1.73. The van der Waals surface area contributed by atoms with Gasteiger partial charge in [0, 0.05) is 43.2 Å². The number of nitrogens with two attached hydrogens (primary N) is 1. The fraction of sp³-hybridized carbons (Fsp3) is 0.211. The minimum Gasteiger partial charge on any atom is -0.396 e. The molecule has 5 heterocycles. The van der Waals surface area contributed by atoms with E-state index in [1.807, 2.05) is 18.2 Å². The van der Waals surface area contributed by atoms with Crippen LogP contribution in [0.5, 0.6) is 0 Å². The minimum atomic E-state index is -0.381. The highest BCUT2D eigenvalue weighted by Gasteiger charge is 2.20. The predicted molar refractivity (Wildman–Crippen MR) is 115 cm³/mol. The van der Waals surface area contributed by atoms with E-state index in [4.69, 9.17) is 15.6 Å². The minimum absolute atomic E-state index is 0.248. The SMILES string of the molecule is Nc1cnn(-c2cc(N3CCOCC3)n3nc(-c4ccncc4)cc3n2)c(=O)c1Br. The zero-order chi connectivity index (χ0) is 20.7. The summed E-state index contributed by atoms with van der Waals surface area (Å²) in [6.45, 7) is 2.64. The molecule has 1 saturated heterocycles. The Morgan fingerprint density at radius 1 is 1.13 bits per heavy atom. The lowest BCUT2D eigenvalue weighted by Gasteiger charge is -2.29. The molecule has 0 spiro atoms. The second-order valence-corrected chi connectivity index (χ2v) is 7.53. The molecule has 0 amide bonds. The van der Waals surface area contributed by atoms with Crippen LogP contribution in [-0.4, -0.2) is 55.7 Å². The average molecular weight is 469 g/mol. The first-order valence-corrected chi connectivity index (χ1v) is 10.1. The molecule has 10 nitrogen and oxygen atoms in total. The van der Waals surface area contributed by atoms with Crippen molar-refractivity contribution in [2.24, 2.45) is 0 Å². The number of halogens is 1. The first-order valence-electron chi connectivity index (χ1n) is 9.29. The van der Waals surface area contributed by atoms with Crippen LogP contribution in [0.3, 0.4) is 0 Å². The highest BCUT2D eigenvalue weighted by atomic mass is 79.9. The van der Waals surface area contributed by atoms with Crippen molar-refractivity contribution in [3.63, 3.8) is 0 Å². The van der Waals surface area contributed by atoms with Crippen molar-refractivity contribution in [3.05, 3.63) is 57.7 Å². The van der Waals surface area contributed by atoms with Crippen LogP contribution in [0.1, 0.15) is 0 Å². The van der Waals surface area contributed by atoms with Crippen LogP contribution in [0.2, 0.25) is 0 Å². The van der Waals surface area contributed by atoms with E-state index in [1.54, 1.807) is 23.0 Å². The largest absolute Gasteiger partial charge is 0.396 e. The number of morpholine rings is 1. The average Bonchev–Trinajstić information content (AvgIpc) is 3.22. The molecule has 0 bridgehead atoms. The summed E-state index contributed by atoms with van der Waals surface area (Å²) in [7, 11) is 0. The number of nitrogen functional groups attached to an aromatic ring is 1. The smallest absolute Gasteiger partial charge is 0.289 e. The van der Waals surface area contributed by atoms with Crippen LogP contribution in [0, 0.1) is 0 Å². The number of aromatic nitrogens is 6. The van der Waals surface area contributed by atoms with Gasteiger partial charge in [-0.2, -0.15) is 19.4 Å². The first kappa shape index (κ1) is 18.7. The number of anilines is 2. The molecule has 0 aromatic carbocycles. The van der Waals surface area contributed by atoms with Crippen molar-refractivity contribution in [2.45, 2.75) is 0 Å². The summed E-state index contributed by atoms with van der Waals surface area (Å²) in [6, 6.07) is 7.46. The lowest BCUT2D eigenvalue weighted by atomic mass is 10.2. The Labute approximate surface area is 179 Å². The molecule has 1 aliphatic heterocycles. The third-order valence-corrected chi connectivity index (χ3v) is 5.67. The van der Waals surface area contributed by atoms with E-state index in [9.17, 15) is 4.79 Å². The van der Waals surface area contributed by atoms with Gasteiger partial charge in [0.05, 0.1) is 30.8 Å². The Hall–Kier alpha value is -3.31. The number of pyridine rings is 1. The summed E-state index contributed by atoms with van der Waals surface area (Å²) in [5, 5.41) is 8.93. The van der Waals surface area contributed by atoms with E-state index in [-0.39, 0.29) is 15.7 Å². The van der Waals surface area contributed by atoms with Crippen molar-refractivity contribution >= 4 is 33.1 Å². The molecule has 0 saturated carbocycles. The van der Waals surface area contributed by atoms with Crippen molar-refractivity contribution in [1.29, 1.82) is 0 Å². The van der Waals surface area contributed by atoms with Gasteiger partial charge in [-0.3, -0.25) is 9.78 Å². The monoisotopic (exact) mass is 468 g/mol. The number of ether oxygens (including phenoxy) is 1. The van der Waals surface area contributed by atoms with Crippen molar-refractivity contribution < 1.29 is 4.74 Å². The van der Waals surface area contributed by atoms with Crippen LogP contribution in [-0.2, 0) is 4.74 Å². The molecule has 0 atom stereocenters. The molecule has 0 radical (unpaired) electrons. The van der Waals surface area contributed by atoms with E-state index in [0.29, 0.717) is 37.8 Å². The van der Waals surface area contributed by atoms with E-state index < -0.39 is 0 Å². The molecule has 2 N–H and O–H groups in total. The second-order valence-electron chi connectivity index (χ2n) is 6.74. The summed E-state index contributed by atoms with van der Waals surface area (Å²) in [4.78, 5) is 23.6. The molecule has 1 fully saturated rings. The quantitative estimate of drug-likeness (QED) is 0.480. The fourth-order valence-electron chi connectivity index (χ4n) is 3.34. The molecular formula is C19H17BrN8O2. The van der Waals surface area contributed by atoms with Gasteiger partial charge in [-0.05, 0) is 28.1 Å². The van der Waals surface area contributed by atoms with Gasteiger partial charge in [0.15, 0.2) is 11.5 Å². The number of hydrogen-bond acceptors (Lipinski definition) is 8. The first-order chi connectivity index (χ1) is 14.6. The Kier molecular flexibility index (Phi) is 4.68. The standard InChI is InChI=1S/C19H17BrN8O2/c20-18-13(21)11-23-28(19(18)29)16-10-17(26-5-7-30-8-6-26)27-15(24-16)9-14(25-27)12-1-3-22-4-2-12/h1-4,9-11H,5-8,21H2. The number of hydrogen-bond donors (Lipinski definition) is 1. The molecular weight excluding hydrogens is 452 g/mol. The van der Waals surface area contributed by atoms with Crippen molar-refractivity contribution in [1.82, 2.24) is 29.4 Å². The van der Waals surface area contributed by atoms with Gasteiger partial charge in [0.1, 0.15) is 10.3 Å². The number of fused-ring (bicyclic) bond motifs is 1. The Morgan fingerprint density at radius 2 is 1.90 bits per heavy atom.